The highest BCUT2D eigenvalue weighted by molar-refractivity contribution is 7.88. The second-order valence-electron chi connectivity index (χ2n) is 6.02. The number of rotatable bonds is 6. The zero-order chi connectivity index (χ0) is 18.7. The van der Waals surface area contributed by atoms with Gasteiger partial charge in [-0.1, -0.05) is 47.1 Å². The number of hydrogen-bond acceptors (Lipinski definition) is 5. The summed E-state index contributed by atoms with van der Waals surface area (Å²) in [6.07, 6.45) is 0. The summed E-state index contributed by atoms with van der Waals surface area (Å²) >= 11 is 0. The molecular formula is C18H18FN3O3S. The van der Waals surface area contributed by atoms with Crippen molar-refractivity contribution in [3.63, 3.8) is 0 Å². The molecule has 0 spiro atoms. The van der Waals surface area contributed by atoms with Crippen LogP contribution in [0, 0.1) is 12.7 Å². The number of aromatic nitrogens is 2. The maximum atomic E-state index is 12.9. The van der Waals surface area contributed by atoms with E-state index < -0.39 is 15.8 Å². The summed E-state index contributed by atoms with van der Waals surface area (Å²) in [7, 11) is -2.16. The molecule has 0 radical (unpaired) electrons. The molecule has 2 aromatic carbocycles. The molecule has 3 rings (SSSR count). The van der Waals surface area contributed by atoms with E-state index in [-0.39, 0.29) is 18.2 Å². The minimum atomic E-state index is -3.60. The molecule has 1 aromatic heterocycles. The largest absolute Gasteiger partial charge is 0.338 e. The highest BCUT2D eigenvalue weighted by Gasteiger charge is 2.21. The summed E-state index contributed by atoms with van der Waals surface area (Å²) in [4.78, 5) is 4.25. The molecule has 0 amide bonds. The number of sulfonamides is 1. The first kappa shape index (κ1) is 18.2. The van der Waals surface area contributed by atoms with Crippen LogP contribution >= 0.6 is 0 Å². The van der Waals surface area contributed by atoms with Gasteiger partial charge in [0.15, 0.2) is 0 Å². The monoisotopic (exact) mass is 375 g/mol. The zero-order valence-electron chi connectivity index (χ0n) is 14.4. The average Bonchev–Trinajstić information content (AvgIpc) is 3.06. The van der Waals surface area contributed by atoms with E-state index in [4.69, 9.17) is 4.52 Å². The maximum absolute atomic E-state index is 12.9. The fourth-order valence-electron chi connectivity index (χ4n) is 2.33. The first-order valence-corrected chi connectivity index (χ1v) is 9.52. The van der Waals surface area contributed by atoms with E-state index in [0.29, 0.717) is 11.4 Å². The highest BCUT2D eigenvalue weighted by atomic mass is 32.2. The molecular weight excluding hydrogens is 357 g/mol. The molecule has 0 bridgehead atoms. The second kappa shape index (κ2) is 7.35. The van der Waals surface area contributed by atoms with Gasteiger partial charge in [0.05, 0.1) is 12.3 Å². The van der Waals surface area contributed by atoms with Crippen molar-refractivity contribution in [2.24, 2.45) is 0 Å². The van der Waals surface area contributed by atoms with Crippen molar-refractivity contribution in [3.8, 4) is 11.4 Å². The van der Waals surface area contributed by atoms with E-state index in [1.54, 1.807) is 0 Å². The molecule has 0 N–H and O–H groups in total. The molecule has 0 saturated heterocycles. The lowest BCUT2D eigenvalue weighted by molar-refractivity contribution is 0.336. The molecule has 0 aliphatic carbocycles. The van der Waals surface area contributed by atoms with Gasteiger partial charge in [-0.3, -0.25) is 0 Å². The fraction of sp³-hybridized carbons (Fsp3) is 0.222. The Balaban J connectivity index is 1.70. The summed E-state index contributed by atoms with van der Waals surface area (Å²) in [5.74, 6) is -0.0352. The minimum Gasteiger partial charge on any atom is -0.338 e. The molecule has 136 valence electrons. The molecule has 0 aliphatic heterocycles. The van der Waals surface area contributed by atoms with Gasteiger partial charge in [0, 0.05) is 12.6 Å². The fourth-order valence-corrected chi connectivity index (χ4v) is 3.47. The van der Waals surface area contributed by atoms with Gasteiger partial charge in [0.2, 0.25) is 21.7 Å². The van der Waals surface area contributed by atoms with Crippen LogP contribution in [0.15, 0.2) is 53.1 Å². The van der Waals surface area contributed by atoms with Gasteiger partial charge in [0.25, 0.3) is 0 Å². The van der Waals surface area contributed by atoms with E-state index in [1.165, 1.54) is 31.3 Å². The third-order valence-electron chi connectivity index (χ3n) is 3.87. The third kappa shape index (κ3) is 4.33. The van der Waals surface area contributed by atoms with Crippen molar-refractivity contribution >= 4 is 10.0 Å². The van der Waals surface area contributed by atoms with E-state index in [9.17, 15) is 12.8 Å². The summed E-state index contributed by atoms with van der Waals surface area (Å²) in [5, 5.41) is 3.90. The molecule has 6 nitrogen and oxygen atoms in total. The van der Waals surface area contributed by atoms with Crippen molar-refractivity contribution < 1.29 is 17.3 Å². The lowest BCUT2D eigenvalue weighted by atomic mass is 10.1. The van der Waals surface area contributed by atoms with Gasteiger partial charge >= 0.3 is 0 Å². The van der Waals surface area contributed by atoms with Gasteiger partial charge in [0.1, 0.15) is 5.82 Å². The quantitative estimate of drug-likeness (QED) is 0.661. The van der Waals surface area contributed by atoms with Crippen molar-refractivity contribution in [3.05, 3.63) is 71.4 Å². The summed E-state index contributed by atoms with van der Waals surface area (Å²) in [6, 6.07) is 13.0. The Labute approximate surface area is 151 Å². The van der Waals surface area contributed by atoms with Gasteiger partial charge in [-0.25, -0.2) is 12.8 Å². The molecule has 3 aromatic rings. The standard InChI is InChI=1S/C18H18FN3O3S/c1-13-3-7-15(8-4-13)18-20-17(25-21-18)11-22(2)26(23,24)12-14-5-9-16(19)10-6-14/h3-10H,11-12H2,1-2H3. The Hall–Kier alpha value is -2.58. The maximum Gasteiger partial charge on any atom is 0.242 e. The predicted molar refractivity (Wildman–Crippen MR) is 95.0 cm³/mol. The van der Waals surface area contributed by atoms with Crippen molar-refractivity contribution in [1.82, 2.24) is 14.4 Å². The molecule has 0 atom stereocenters. The minimum absolute atomic E-state index is 0.0393. The van der Waals surface area contributed by atoms with Crippen LogP contribution < -0.4 is 0 Å². The Morgan fingerprint density at radius 3 is 2.38 bits per heavy atom. The Bertz CT molecular complexity index is 983. The van der Waals surface area contributed by atoms with Crippen LogP contribution in [-0.2, 0) is 22.3 Å². The van der Waals surface area contributed by atoms with Crippen LogP contribution in [0.5, 0.6) is 0 Å². The second-order valence-corrected chi connectivity index (χ2v) is 8.09. The first-order valence-electron chi connectivity index (χ1n) is 7.91. The Morgan fingerprint density at radius 2 is 1.73 bits per heavy atom. The number of benzene rings is 2. The summed E-state index contributed by atoms with van der Waals surface area (Å²) in [6.45, 7) is 1.94. The van der Waals surface area contributed by atoms with E-state index in [2.05, 4.69) is 10.1 Å². The van der Waals surface area contributed by atoms with E-state index in [0.717, 1.165) is 15.4 Å². The molecule has 0 unspecified atom stereocenters. The van der Waals surface area contributed by atoms with Crippen LogP contribution in [0.25, 0.3) is 11.4 Å². The van der Waals surface area contributed by atoms with Crippen LogP contribution in [0.1, 0.15) is 17.0 Å². The van der Waals surface area contributed by atoms with E-state index >= 15 is 0 Å². The molecule has 0 saturated carbocycles. The topological polar surface area (TPSA) is 76.3 Å². The van der Waals surface area contributed by atoms with Crippen molar-refractivity contribution in [1.29, 1.82) is 0 Å². The molecule has 1 heterocycles. The summed E-state index contributed by atoms with van der Waals surface area (Å²) in [5.41, 5.74) is 2.41. The number of aryl methyl sites for hydroxylation is 1. The number of nitrogens with zero attached hydrogens (tertiary/aromatic N) is 3. The molecule has 26 heavy (non-hydrogen) atoms. The Kier molecular flexibility index (Phi) is 5.15. The van der Waals surface area contributed by atoms with Crippen LogP contribution in [0.3, 0.4) is 0 Å². The van der Waals surface area contributed by atoms with Gasteiger partial charge in [-0.2, -0.15) is 9.29 Å². The Morgan fingerprint density at radius 1 is 1.08 bits per heavy atom. The number of hydrogen-bond donors (Lipinski definition) is 0. The SMILES string of the molecule is Cc1ccc(-c2noc(CN(C)S(=O)(=O)Cc3ccc(F)cc3)n2)cc1. The van der Waals surface area contributed by atoms with Gasteiger partial charge in [-0.15, -0.1) is 0 Å². The van der Waals surface area contributed by atoms with E-state index in [1.807, 2.05) is 31.2 Å². The van der Waals surface area contributed by atoms with Crippen LogP contribution in [0.4, 0.5) is 4.39 Å². The first-order chi connectivity index (χ1) is 12.3. The van der Waals surface area contributed by atoms with Gasteiger partial charge < -0.3 is 4.52 Å². The number of halogens is 1. The van der Waals surface area contributed by atoms with Crippen molar-refractivity contribution in [2.75, 3.05) is 7.05 Å². The molecule has 0 aliphatic rings. The highest BCUT2D eigenvalue weighted by Crippen LogP contribution is 2.18. The summed E-state index contributed by atoms with van der Waals surface area (Å²) < 4.78 is 44.1. The lowest BCUT2D eigenvalue weighted by Gasteiger charge is -2.15. The van der Waals surface area contributed by atoms with Crippen LogP contribution in [0.2, 0.25) is 0 Å². The lowest BCUT2D eigenvalue weighted by Crippen LogP contribution is -2.27. The normalized spacial score (nSPS) is 11.8. The molecule has 0 fully saturated rings. The van der Waals surface area contributed by atoms with Gasteiger partial charge in [-0.05, 0) is 24.6 Å². The predicted octanol–water partition coefficient (Wildman–Crippen LogP) is 3.15. The average molecular weight is 375 g/mol. The van der Waals surface area contributed by atoms with Crippen LogP contribution in [-0.4, -0.2) is 29.9 Å². The zero-order valence-corrected chi connectivity index (χ0v) is 15.2. The van der Waals surface area contributed by atoms with Crippen molar-refractivity contribution in [2.45, 2.75) is 19.2 Å². The smallest absolute Gasteiger partial charge is 0.242 e. The molecule has 8 heteroatoms. The third-order valence-corrected chi connectivity index (χ3v) is 5.65.